The topological polar surface area (TPSA) is 47.8 Å². The van der Waals surface area contributed by atoms with Gasteiger partial charge in [0.15, 0.2) is 6.29 Å². The quantitative estimate of drug-likeness (QED) is 0.810. The zero-order chi connectivity index (χ0) is 14.7. The molecule has 0 amide bonds. The van der Waals surface area contributed by atoms with E-state index in [1.807, 2.05) is 0 Å². The van der Waals surface area contributed by atoms with Crippen LogP contribution in [0.1, 0.15) is 59.8 Å². The van der Waals surface area contributed by atoms with Crippen molar-refractivity contribution in [3.8, 4) is 0 Å². The zero-order valence-corrected chi connectivity index (χ0v) is 11.8. The van der Waals surface area contributed by atoms with Gasteiger partial charge in [0.2, 0.25) is 0 Å². The van der Waals surface area contributed by atoms with Crippen LogP contribution in [0.4, 0.5) is 4.39 Å². The van der Waals surface area contributed by atoms with E-state index in [0.29, 0.717) is 18.2 Å². The molecule has 0 spiro atoms. The molecule has 2 aromatic rings. The minimum absolute atomic E-state index is 0.251. The molecular formula is C16H18FN3O. The smallest absolute Gasteiger partial charge is 0.172 e. The molecule has 3 rings (SSSR count). The van der Waals surface area contributed by atoms with Crippen LogP contribution in [0.25, 0.3) is 0 Å². The molecule has 1 aliphatic carbocycles. The summed E-state index contributed by atoms with van der Waals surface area (Å²) in [5.74, 6) is 0.104. The largest absolute Gasteiger partial charge is 0.296 e. The average molecular weight is 287 g/mol. The highest BCUT2D eigenvalue weighted by molar-refractivity contribution is 5.73. The molecule has 0 bridgehead atoms. The maximum absolute atomic E-state index is 13.0. The van der Waals surface area contributed by atoms with Crippen LogP contribution in [0.2, 0.25) is 0 Å². The third-order valence-corrected chi connectivity index (χ3v) is 4.15. The van der Waals surface area contributed by atoms with Gasteiger partial charge in [0, 0.05) is 5.92 Å². The molecule has 110 valence electrons. The lowest BCUT2D eigenvalue weighted by Gasteiger charge is -2.22. The van der Waals surface area contributed by atoms with Gasteiger partial charge in [0.05, 0.1) is 12.2 Å². The Morgan fingerprint density at radius 2 is 1.90 bits per heavy atom. The summed E-state index contributed by atoms with van der Waals surface area (Å²) >= 11 is 0. The second-order valence-electron chi connectivity index (χ2n) is 5.60. The highest BCUT2D eigenvalue weighted by Crippen LogP contribution is 2.33. The van der Waals surface area contributed by atoms with Gasteiger partial charge in [0.25, 0.3) is 0 Å². The van der Waals surface area contributed by atoms with Crippen molar-refractivity contribution in [1.82, 2.24) is 15.0 Å². The Hall–Kier alpha value is -2.04. The molecule has 1 saturated carbocycles. The standard InChI is InChI=1S/C16H18FN3O/c17-14-8-6-12(7-9-14)10-20-16(15(11-21)18-19-20)13-4-2-1-3-5-13/h6-9,11,13H,1-5,10H2. The average Bonchev–Trinajstić information content (AvgIpc) is 2.93. The van der Waals surface area contributed by atoms with E-state index >= 15 is 0 Å². The molecule has 0 aliphatic heterocycles. The van der Waals surface area contributed by atoms with Gasteiger partial charge in [0.1, 0.15) is 11.5 Å². The summed E-state index contributed by atoms with van der Waals surface area (Å²) in [6.45, 7) is 0.521. The number of nitrogens with zero attached hydrogens (tertiary/aromatic N) is 3. The van der Waals surface area contributed by atoms with Crippen LogP contribution in [-0.2, 0) is 6.54 Å². The third kappa shape index (κ3) is 3.01. The summed E-state index contributed by atoms with van der Waals surface area (Å²) in [6.07, 6.45) is 6.58. The summed E-state index contributed by atoms with van der Waals surface area (Å²) in [5.41, 5.74) is 2.34. The summed E-state index contributed by atoms with van der Waals surface area (Å²) in [4.78, 5) is 11.2. The van der Waals surface area contributed by atoms with E-state index in [2.05, 4.69) is 10.3 Å². The van der Waals surface area contributed by atoms with Crippen molar-refractivity contribution in [2.75, 3.05) is 0 Å². The number of hydrogen-bond acceptors (Lipinski definition) is 3. The summed E-state index contributed by atoms with van der Waals surface area (Å²) in [5, 5.41) is 8.12. The first-order valence-electron chi connectivity index (χ1n) is 7.41. The van der Waals surface area contributed by atoms with E-state index in [9.17, 15) is 9.18 Å². The molecule has 1 heterocycles. The number of rotatable bonds is 4. The summed E-state index contributed by atoms with van der Waals surface area (Å²) < 4.78 is 14.8. The maximum Gasteiger partial charge on any atom is 0.172 e. The van der Waals surface area contributed by atoms with Gasteiger partial charge in [-0.25, -0.2) is 9.07 Å². The van der Waals surface area contributed by atoms with Crippen molar-refractivity contribution in [3.63, 3.8) is 0 Å². The summed E-state index contributed by atoms with van der Waals surface area (Å²) in [7, 11) is 0. The molecule has 1 aromatic carbocycles. The molecule has 0 unspecified atom stereocenters. The molecule has 0 saturated heterocycles. The Morgan fingerprint density at radius 1 is 1.19 bits per heavy atom. The Bertz CT molecular complexity index is 615. The fourth-order valence-corrected chi connectivity index (χ4v) is 3.09. The zero-order valence-electron chi connectivity index (χ0n) is 11.8. The van der Waals surface area contributed by atoms with Crippen molar-refractivity contribution in [2.45, 2.75) is 44.6 Å². The molecule has 21 heavy (non-hydrogen) atoms. The highest BCUT2D eigenvalue weighted by atomic mass is 19.1. The van der Waals surface area contributed by atoms with E-state index < -0.39 is 0 Å². The first-order chi connectivity index (χ1) is 10.3. The summed E-state index contributed by atoms with van der Waals surface area (Å²) in [6, 6.07) is 6.35. The van der Waals surface area contributed by atoms with Crippen molar-refractivity contribution in [3.05, 3.63) is 47.0 Å². The SMILES string of the molecule is O=Cc1nnn(Cc2ccc(F)cc2)c1C1CCCCC1. The van der Waals surface area contributed by atoms with Gasteiger partial charge in [-0.3, -0.25) is 4.79 Å². The molecular weight excluding hydrogens is 269 g/mol. The molecule has 1 aromatic heterocycles. The Labute approximate surface area is 123 Å². The van der Waals surface area contributed by atoms with Gasteiger partial charge in [-0.2, -0.15) is 0 Å². The monoisotopic (exact) mass is 287 g/mol. The molecule has 5 heteroatoms. The van der Waals surface area contributed by atoms with Crippen LogP contribution < -0.4 is 0 Å². The number of aldehydes is 1. The van der Waals surface area contributed by atoms with E-state index in [-0.39, 0.29) is 5.82 Å². The van der Waals surface area contributed by atoms with Gasteiger partial charge < -0.3 is 0 Å². The molecule has 0 atom stereocenters. The van der Waals surface area contributed by atoms with E-state index in [1.54, 1.807) is 16.8 Å². The van der Waals surface area contributed by atoms with Crippen molar-refractivity contribution < 1.29 is 9.18 Å². The second-order valence-corrected chi connectivity index (χ2v) is 5.60. The third-order valence-electron chi connectivity index (χ3n) is 4.15. The predicted octanol–water partition coefficient (Wildman–Crippen LogP) is 3.33. The number of carbonyl (C=O) groups excluding carboxylic acids is 1. The van der Waals surface area contributed by atoms with Crippen molar-refractivity contribution in [1.29, 1.82) is 0 Å². The highest BCUT2D eigenvalue weighted by Gasteiger charge is 2.24. The van der Waals surface area contributed by atoms with Crippen LogP contribution >= 0.6 is 0 Å². The number of hydrogen-bond donors (Lipinski definition) is 0. The Morgan fingerprint density at radius 3 is 2.57 bits per heavy atom. The molecule has 0 radical (unpaired) electrons. The maximum atomic E-state index is 13.0. The van der Waals surface area contributed by atoms with E-state index in [4.69, 9.17) is 0 Å². The first-order valence-corrected chi connectivity index (χ1v) is 7.41. The minimum Gasteiger partial charge on any atom is -0.296 e. The molecule has 1 aliphatic rings. The number of carbonyl (C=O) groups is 1. The van der Waals surface area contributed by atoms with E-state index in [1.165, 1.54) is 31.4 Å². The normalized spacial score (nSPS) is 16.0. The fourth-order valence-electron chi connectivity index (χ4n) is 3.09. The van der Waals surface area contributed by atoms with Crippen molar-refractivity contribution >= 4 is 6.29 Å². The number of halogens is 1. The first kappa shape index (κ1) is 13.9. The van der Waals surface area contributed by atoms with E-state index in [0.717, 1.165) is 30.4 Å². The predicted molar refractivity (Wildman–Crippen MR) is 76.7 cm³/mol. The number of aromatic nitrogens is 3. The van der Waals surface area contributed by atoms with Gasteiger partial charge in [-0.1, -0.05) is 36.6 Å². The van der Waals surface area contributed by atoms with Gasteiger partial charge in [-0.05, 0) is 30.5 Å². The number of benzene rings is 1. The second kappa shape index (κ2) is 6.16. The van der Waals surface area contributed by atoms with Crippen LogP contribution in [-0.4, -0.2) is 21.3 Å². The lowest BCUT2D eigenvalue weighted by molar-refractivity contribution is 0.111. The Kier molecular flexibility index (Phi) is 4.08. The van der Waals surface area contributed by atoms with Gasteiger partial charge in [-0.15, -0.1) is 5.10 Å². The fraction of sp³-hybridized carbons (Fsp3) is 0.438. The molecule has 0 N–H and O–H groups in total. The lowest BCUT2D eigenvalue weighted by Crippen LogP contribution is -2.14. The Balaban J connectivity index is 1.89. The lowest BCUT2D eigenvalue weighted by atomic mass is 9.86. The van der Waals surface area contributed by atoms with Crippen LogP contribution in [0.5, 0.6) is 0 Å². The van der Waals surface area contributed by atoms with Gasteiger partial charge >= 0.3 is 0 Å². The van der Waals surface area contributed by atoms with Crippen LogP contribution in [0.15, 0.2) is 24.3 Å². The molecule has 1 fully saturated rings. The van der Waals surface area contributed by atoms with Crippen molar-refractivity contribution in [2.24, 2.45) is 0 Å². The molecule has 4 nitrogen and oxygen atoms in total. The minimum atomic E-state index is -0.251. The van der Waals surface area contributed by atoms with Crippen LogP contribution in [0.3, 0.4) is 0 Å². The van der Waals surface area contributed by atoms with Crippen LogP contribution in [0, 0.1) is 5.82 Å².